The molecule has 1 aromatic rings. The van der Waals surface area contributed by atoms with Gasteiger partial charge in [0.05, 0.1) is 0 Å². The maximum absolute atomic E-state index is 12.1. The second kappa shape index (κ2) is 6.31. The lowest BCUT2D eigenvalue weighted by atomic mass is 9.92. The van der Waals surface area contributed by atoms with Crippen LogP contribution in [0.5, 0.6) is 0 Å². The summed E-state index contributed by atoms with van der Waals surface area (Å²) in [4.78, 5) is 37.1. The summed E-state index contributed by atoms with van der Waals surface area (Å²) in [6.45, 7) is 1.62. The third-order valence-corrected chi connectivity index (χ3v) is 6.76. The number of tetrazole rings is 1. The molecule has 0 saturated carbocycles. The predicted octanol–water partition coefficient (Wildman–Crippen LogP) is -1.02. The van der Waals surface area contributed by atoms with Gasteiger partial charge in [0.15, 0.2) is 11.1 Å². The summed E-state index contributed by atoms with van der Waals surface area (Å²) in [6, 6.07) is -0.786. The first-order valence-corrected chi connectivity index (χ1v) is 8.98. The summed E-state index contributed by atoms with van der Waals surface area (Å²) >= 11 is 1.98. The number of carboxylic acids is 2. The van der Waals surface area contributed by atoms with Crippen molar-refractivity contribution in [2.75, 3.05) is 5.75 Å². The van der Waals surface area contributed by atoms with E-state index in [0.29, 0.717) is 0 Å². The number of hydrogen-bond donors (Lipinski definition) is 3. The van der Waals surface area contributed by atoms with Gasteiger partial charge in [-0.1, -0.05) is 6.92 Å². The molecule has 4 N–H and O–H groups in total. The first-order chi connectivity index (χ1) is 11.8. The van der Waals surface area contributed by atoms with Gasteiger partial charge < -0.3 is 15.9 Å². The fraction of sp³-hybridized carbons (Fsp3) is 0.500. The standard InChI is InChI=1S/C12H14N6O5S2/c1-2-12(11(22)23,25-18-15-4-14-16-18)5-3-24-9-6(13)8(19)17(9)7(5)10(20)21/h4,6,9H,2-3,13H2,1H3,(H,20,21)(H,22,23)/t6?,9-,12?/m0/s1. The molecule has 1 fully saturated rings. The van der Waals surface area contributed by atoms with Crippen LogP contribution >= 0.6 is 23.7 Å². The third kappa shape index (κ3) is 2.58. The minimum absolute atomic E-state index is 0.0555. The van der Waals surface area contributed by atoms with Crippen LogP contribution < -0.4 is 5.73 Å². The van der Waals surface area contributed by atoms with Crippen molar-refractivity contribution in [3.05, 3.63) is 17.6 Å². The number of amides is 1. The number of fused-ring (bicyclic) bond motifs is 1. The Morgan fingerprint density at radius 2 is 2.24 bits per heavy atom. The lowest BCUT2D eigenvalue weighted by molar-refractivity contribution is -0.148. The third-order valence-electron chi connectivity index (χ3n) is 4.11. The quantitative estimate of drug-likeness (QED) is 0.513. The second-order valence-corrected chi connectivity index (χ2v) is 7.64. The Kier molecular flexibility index (Phi) is 4.47. The van der Waals surface area contributed by atoms with E-state index < -0.39 is 34.0 Å². The molecule has 3 heterocycles. The number of aliphatic carboxylic acids is 2. The number of rotatable bonds is 6. The van der Waals surface area contributed by atoms with Crippen LogP contribution in [0.1, 0.15) is 13.3 Å². The van der Waals surface area contributed by atoms with Crippen molar-refractivity contribution in [3.8, 4) is 0 Å². The zero-order valence-electron chi connectivity index (χ0n) is 12.9. The van der Waals surface area contributed by atoms with Crippen LogP contribution in [-0.2, 0) is 14.4 Å². The van der Waals surface area contributed by atoms with Gasteiger partial charge in [-0.3, -0.25) is 14.5 Å². The Balaban J connectivity index is 2.14. The molecule has 1 aromatic heterocycles. The molecule has 0 aromatic carbocycles. The average molecular weight is 386 g/mol. The number of nitrogens with two attached hydrogens (primary N) is 1. The molecule has 1 amide bonds. The Morgan fingerprint density at radius 3 is 2.76 bits per heavy atom. The van der Waals surface area contributed by atoms with E-state index in [0.717, 1.165) is 27.4 Å². The van der Waals surface area contributed by atoms with Crippen LogP contribution in [-0.4, -0.2) is 74.5 Å². The molecule has 11 nitrogen and oxygen atoms in total. The Labute approximate surface area is 149 Å². The number of aromatic nitrogens is 4. The largest absolute Gasteiger partial charge is 0.480 e. The minimum Gasteiger partial charge on any atom is -0.480 e. The van der Waals surface area contributed by atoms with Crippen molar-refractivity contribution in [1.29, 1.82) is 0 Å². The minimum atomic E-state index is -1.66. The molecule has 2 aliphatic rings. The molecule has 25 heavy (non-hydrogen) atoms. The number of carbonyl (C=O) groups excluding carboxylic acids is 1. The normalized spacial score (nSPS) is 25.2. The molecule has 3 atom stereocenters. The Hall–Kier alpha value is -2.12. The van der Waals surface area contributed by atoms with Gasteiger partial charge in [0.2, 0.25) is 5.91 Å². The highest BCUT2D eigenvalue weighted by molar-refractivity contribution is 8.01. The lowest BCUT2D eigenvalue weighted by Crippen LogP contribution is -2.69. The van der Waals surface area contributed by atoms with Gasteiger partial charge in [-0.25, -0.2) is 4.79 Å². The van der Waals surface area contributed by atoms with Gasteiger partial charge in [0.25, 0.3) is 0 Å². The summed E-state index contributed by atoms with van der Waals surface area (Å²) in [5, 5.41) is 30.0. The van der Waals surface area contributed by atoms with E-state index in [1.54, 1.807) is 6.92 Å². The predicted molar refractivity (Wildman–Crippen MR) is 87.2 cm³/mol. The van der Waals surface area contributed by atoms with Gasteiger partial charge >= 0.3 is 11.9 Å². The highest BCUT2D eigenvalue weighted by Crippen LogP contribution is 2.47. The average Bonchev–Trinajstić information content (AvgIpc) is 3.10. The monoisotopic (exact) mass is 386 g/mol. The molecule has 0 radical (unpaired) electrons. The van der Waals surface area contributed by atoms with E-state index in [1.807, 2.05) is 0 Å². The first-order valence-electron chi connectivity index (χ1n) is 7.16. The summed E-state index contributed by atoms with van der Waals surface area (Å²) in [6.07, 6.45) is 1.20. The van der Waals surface area contributed by atoms with E-state index in [4.69, 9.17) is 5.73 Å². The number of hydrogen-bond acceptors (Lipinski definition) is 9. The van der Waals surface area contributed by atoms with E-state index >= 15 is 0 Å². The van der Waals surface area contributed by atoms with Crippen LogP contribution in [0.15, 0.2) is 17.6 Å². The topological polar surface area (TPSA) is 165 Å². The fourth-order valence-corrected chi connectivity index (χ4v) is 5.24. The second-order valence-electron chi connectivity index (χ2n) is 5.33. The Bertz CT molecular complexity index is 768. The van der Waals surface area contributed by atoms with Gasteiger partial charge in [0, 0.05) is 23.3 Å². The lowest BCUT2D eigenvalue weighted by Gasteiger charge is -2.49. The molecule has 2 aliphatic heterocycles. The maximum atomic E-state index is 12.1. The zero-order chi connectivity index (χ0) is 18.4. The molecule has 0 spiro atoms. The Morgan fingerprint density at radius 1 is 1.52 bits per heavy atom. The molecule has 1 saturated heterocycles. The molecule has 13 heteroatoms. The fourth-order valence-electron chi connectivity index (χ4n) is 2.82. The van der Waals surface area contributed by atoms with Crippen LogP contribution in [0.4, 0.5) is 0 Å². The van der Waals surface area contributed by atoms with Crippen LogP contribution in [0.3, 0.4) is 0 Å². The molecule has 2 unspecified atom stereocenters. The summed E-state index contributed by atoms with van der Waals surface area (Å²) in [5.41, 5.74) is 5.50. The first kappa shape index (κ1) is 17.7. The maximum Gasteiger partial charge on any atom is 0.352 e. The summed E-state index contributed by atoms with van der Waals surface area (Å²) in [5.74, 6) is -3.04. The zero-order valence-corrected chi connectivity index (χ0v) is 14.5. The van der Waals surface area contributed by atoms with Gasteiger partial charge in [-0.15, -0.1) is 26.2 Å². The van der Waals surface area contributed by atoms with Gasteiger partial charge in [-0.05, 0) is 11.6 Å². The summed E-state index contributed by atoms with van der Waals surface area (Å²) in [7, 11) is 0. The van der Waals surface area contributed by atoms with Crippen molar-refractivity contribution < 1.29 is 24.6 Å². The smallest absolute Gasteiger partial charge is 0.352 e. The number of β-lactam (4-membered cyclic amide) rings is 1. The number of nitrogens with zero attached hydrogens (tertiary/aromatic N) is 5. The van der Waals surface area contributed by atoms with Crippen molar-refractivity contribution >= 4 is 41.6 Å². The molecule has 0 aliphatic carbocycles. The van der Waals surface area contributed by atoms with E-state index in [-0.39, 0.29) is 23.4 Å². The van der Waals surface area contributed by atoms with Crippen molar-refractivity contribution in [3.63, 3.8) is 0 Å². The SMILES string of the molecule is CCC(Sn1ncnn1)(C(=O)O)C1=C(C(=O)O)N2C(=O)C(N)[C@@H]2SC1. The molecular weight excluding hydrogens is 372 g/mol. The van der Waals surface area contributed by atoms with Crippen LogP contribution in [0.25, 0.3) is 0 Å². The number of carboxylic acid groups (broad SMARTS) is 2. The molecular formula is C12H14N6O5S2. The van der Waals surface area contributed by atoms with E-state index in [2.05, 4.69) is 15.4 Å². The van der Waals surface area contributed by atoms with Crippen molar-refractivity contribution in [2.24, 2.45) is 5.73 Å². The highest BCUT2D eigenvalue weighted by Gasteiger charge is 2.56. The van der Waals surface area contributed by atoms with Crippen molar-refractivity contribution in [1.82, 2.24) is 24.5 Å². The van der Waals surface area contributed by atoms with Crippen LogP contribution in [0, 0.1) is 0 Å². The van der Waals surface area contributed by atoms with E-state index in [1.165, 1.54) is 11.8 Å². The number of thioether (sulfide) groups is 1. The van der Waals surface area contributed by atoms with Gasteiger partial charge in [0.1, 0.15) is 17.1 Å². The van der Waals surface area contributed by atoms with Crippen LogP contribution in [0.2, 0.25) is 0 Å². The molecule has 3 rings (SSSR count). The molecule has 0 bridgehead atoms. The molecule has 134 valence electrons. The number of carbonyl (C=O) groups is 3. The van der Waals surface area contributed by atoms with Crippen molar-refractivity contribution in [2.45, 2.75) is 29.5 Å². The van der Waals surface area contributed by atoms with E-state index in [9.17, 15) is 24.6 Å². The summed E-state index contributed by atoms with van der Waals surface area (Å²) < 4.78 is -0.642. The highest BCUT2D eigenvalue weighted by atomic mass is 32.2. The van der Waals surface area contributed by atoms with Gasteiger partial charge in [-0.2, -0.15) is 0 Å².